The third-order valence-electron chi connectivity index (χ3n) is 1.88. The van der Waals surface area contributed by atoms with Gasteiger partial charge in [-0.15, -0.1) is 0 Å². The van der Waals surface area contributed by atoms with Crippen molar-refractivity contribution in [3.63, 3.8) is 0 Å². The van der Waals surface area contributed by atoms with Crippen molar-refractivity contribution in [2.45, 2.75) is 30.2 Å². The number of ether oxygens (including phenoxy) is 1. The van der Waals surface area contributed by atoms with Crippen molar-refractivity contribution < 1.29 is 62.6 Å². The second-order valence-electron chi connectivity index (χ2n) is 3.60. The van der Waals surface area contributed by atoms with Crippen LogP contribution in [-0.4, -0.2) is 42.2 Å². The van der Waals surface area contributed by atoms with Gasteiger partial charge < -0.3 is 5.73 Å². The molecule has 0 saturated carbocycles. The summed E-state index contributed by atoms with van der Waals surface area (Å²) in [5.41, 5.74) is 4.08. The van der Waals surface area contributed by atoms with E-state index in [9.17, 15) is 57.9 Å². The maximum atomic E-state index is 13.3. The second-order valence-corrected chi connectivity index (χ2v) is 3.60. The van der Waals surface area contributed by atoms with E-state index in [4.69, 9.17) is 0 Å². The average molecular weight is 372 g/mol. The van der Waals surface area contributed by atoms with Crippen LogP contribution in [0.3, 0.4) is 0 Å². The van der Waals surface area contributed by atoms with E-state index in [2.05, 4.69) is 5.73 Å². The Morgan fingerprint density at radius 3 is 1.43 bits per heavy atom. The van der Waals surface area contributed by atoms with Gasteiger partial charge in [-0.25, -0.2) is 4.79 Å². The molecule has 0 rings (SSSR count). The lowest BCUT2D eigenvalue weighted by molar-refractivity contribution is -0.472. The Bertz CT molecular complexity index is 485. The van der Waals surface area contributed by atoms with Crippen molar-refractivity contribution in [1.29, 1.82) is 0 Å². The molecule has 0 spiro atoms. The summed E-state index contributed by atoms with van der Waals surface area (Å²) in [5, 5.41) is 0.223. The van der Waals surface area contributed by atoms with Crippen molar-refractivity contribution in [2.75, 3.05) is 0 Å². The van der Waals surface area contributed by atoms with Gasteiger partial charge in [0.1, 0.15) is 0 Å². The number of carbonyl (C=O) groups excluding carboxylic acids is 2. The lowest BCUT2D eigenvalue weighted by atomic mass is 10.2. The molecule has 3 amide bonds. The van der Waals surface area contributed by atoms with E-state index in [1.165, 1.54) is 0 Å². The summed E-state index contributed by atoms with van der Waals surface area (Å²) in [5.74, 6) is -17.2. The second kappa shape index (κ2) is 5.64. The zero-order chi connectivity index (χ0) is 19.1. The van der Waals surface area contributed by atoms with Crippen LogP contribution >= 0.6 is 0 Å². The van der Waals surface area contributed by atoms with Crippen molar-refractivity contribution in [1.82, 2.24) is 5.32 Å². The number of imide groups is 1. The first kappa shape index (κ1) is 21.1. The molecule has 0 aromatic rings. The Morgan fingerprint density at radius 2 is 1.17 bits per heavy atom. The van der Waals surface area contributed by atoms with E-state index in [1.807, 2.05) is 4.74 Å². The number of alkyl halides is 11. The van der Waals surface area contributed by atoms with Gasteiger partial charge in [-0.3, -0.25) is 14.8 Å². The molecule has 0 aromatic heterocycles. The Balaban J connectivity index is 5.92. The van der Waals surface area contributed by atoms with Crippen molar-refractivity contribution in [2.24, 2.45) is 5.73 Å². The van der Waals surface area contributed by atoms with Crippen LogP contribution in [0.1, 0.15) is 0 Å². The van der Waals surface area contributed by atoms with Gasteiger partial charge in [0.15, 0.2) is 0 Å². The van der Waals surface area contributed by atoms with Crippen LogP contribution in [0.5, 0.6) is 0 Å². The SMILES string of the molecule is NC(=O)NC(=O)C(F)(OC(F)(F)C(F)(F)C(F)(F)F)C(F)(F)F. The maximum Gasteiger partial charge on any atom is 0.462 e. The van der Waals surface area contributed by atoms with Gasteiger partial charge >= 0.3 is 42.2 Å². The maximum absolute atomic E-state index is 13.3. The predicted octanol–water partition coefficient (Wildman–Crippen LogP) is 2.22. The number of urea groups is 1. The zero-order valence-corrected chi connectivity index (χ0v) is 9.96. The third-order valence-corrected chi connectivity index (χ3v) is 1.88. The van der Waals surface area contributed by atoms with Crippen LogP contribution in [0, 0.1) is 0 Å². The molecule has 0 saturated heterocycles. The summed E-state index contributed by atoms with van der Waals surface area (Å²) in [6.45, 7) is 0. The highest BCUT2D eigenvalue weighted by Gasteiger charge is 2.79. The molecule has 5 nitrogen and oxygen atoms in total. The summed E-state index contributed by atoms with van der Waals surface area (Å²) < 4.78 is 137. The van der Waals surface area contributed by atoms with E-state index in [0.29, 0.717) is 0 Å². The Kier molecular flexibility index (Phi) is 5.18. The number of primary amides is 1. The monoisotopic (exact) mass is 372 g/mol. The van der Waals surface area contributed by atoms with Gasteiger partial charge in [0.2, 0.25) is 0 Å². The largest absolute Gasteiger partial charge is 0.462 e. The Hall–Kier alpha value is -1.87. The zero-order valence-electron chi connectivity index (χ0n) is 9.96. The standard InChI is InChI=1S/C7H3F11N2O3/c8-3(5(11,12)13,1(21)20-2(19)22)23-7(17,18)4(9,10)6(14,15)16/h(H3,19,20,21,22). The molecular formula is C7H3F11N2O3. The minimum atomic E-state index is -7.31. The van der Waals surface area contributed by atoms with E-state index in [1.54, 1.807) is 0 Å². The molecule has 1 atom stereocenters. The van der Waals surface area contributed by atoms with E-state index in [0.717, 1.165) is 0 Å². The lowest BCUT2D eigenvalue weighted by Gasteiger charge is -2.33. The molecule has 0 radical (unpaired) electrons. The quantitative estimate of drug-likeness (QED) is 0.743. The van der Waals surface area contributed by atoms with Crippen LogP contribution in [0.25, 0.3) is 0 Å². The van der Waals surface area contributed by atoms with E-state index < -0.39 is 42.2 Å². The van der Waals surface area contributed by atoms with Crippen LogP contribution < -0.4 is 11.1 Å². The van der Waals surface area contributed by atoms with Gasteiger partial charge in [-0.2, -0.15) is 48.3 Å². The number of hydrogen-bond donors (Lipinski definition) is 2. The van der Waals surface area contributed by atoms with Gasteiger partial charge in [-0.05, 0) is 0 Å². The number of nitrogens with one attached hydrogen (secondary N) is 1. The summed E-state index contributed by atoms with van der Waals surface area (Å²) in [7, 11) is 0. The number of nitrogens with two attached hydrogens (primary N) is 1. The summed E-state index contributed by atoms with van der Waals surface area (Å²) in [6, 6.07) is -2.27. The molecule has 3 N–H and O–H groups in total. The van der Waals surface area contributed by atoms with Crippen molar-refractivity contribution in [3.05, 3.63) is 0 Å². The number of amides is 3. The first-order chi connectivity index (χ1) is 9.79. The fourth-order valence-electron chi connectivity index (χ4n) is 0.831. The van der Waals surface area contributed by atoms with E-state index in [-0.39, 0.29) is 5.32 Å². The summed E-state index contributed by atoms with van der Waals surface area (Å²) >= 11 is 0. The summed E-state index contributed by atoms with van der Waals surface area (Å²) in [4.78, 5) is 20.8. The molecule has 0 aliphatic heterocycles. The lowest BCUT2D eigenvalue weighted by Crippen LogP contribution is -2.64. The van der Waals surface area contributed by atoms with Gasteiger partial charge in [0.05, 0.1) is 0 Å². The number of rotatable bonds is 4. The average Bonchev–Trinajstić information content (AvgIpc) is 2.23. The van der Waals surface area contributed by atoms with Gasteiger partial charge in [-0.1, -0.05) is 0 Å². The van der Waals surface area contributed by atoms with Crippen LogP contribution in [0.2, 0.25) is 0 Å². The molecule has 0 aliphatic rings. The smallest absolute Gasteiger partial charge is 0.351 e. The van der Waals surface area contributed by atoms with Crippen molar-refractivity contribution in [3.8, 4) is 0 Å². The first-order valence-corrected chi connectivity index (χ1v) is 4.68. The molecule has 0 fully saturated rings. The number of carbonyl (C=O) groups is 2. The first-order valence-electron chi connectivity index (χ1n) is 4.68. The third kappa shape index (κ3) is 3.91. The molecule has 136 valence electrons. The Morgan fingerprint density at radius 1 is 0.783 bits per heavy atom. The van der Waals surface area contributed by atoms with Gasteiger partial charge in [0.25, 0.3) is 0 Å². The molecule has 0 bridgehead atoms. The van der Waals surface area contributed by atoms with Crippen molar-refractivity contribution >= 4 is 11.9 Å². The summed E-state index contributed by atoms with van der Waals surface area (Å²) in [6.07, 6.45) is -21.2. The molecular weight excluding hydrogens is 369 g/mol. The molecule has 0 aromatic carbocycles. The molecule has 1 unspecified atom stereocenters. The fourth-order valence-corrected chi connectivity index (χ4v) is 0.831. The van der Waals surface area contributed by atoms with E-state index >= 15 is 0 Å². The van der Waals surface area contributed by atoms with Crippen LogP contribution in [0.4, 0.5) is 53.1 Å². The van der Waals surface area contributed by atoms with Crippen LogP contribution in [-0.2, 0) is 9.53 Å². The van der Waals surface area contributed by atoms with Gasteiger partial charge in [0, 0.05) is 0 Å². The fraction of sp³-hybridized carbons (Fsp3) is 0.714. The highest BCUT2D eigenvalue weighted by atomic mass is 19.4. The minimum Gasteiger partial charge on any atom is -0.351 e. The minimum absolute atomic E-state index is 0.223. The molecule has 23 heavy (non-hydrogen) atoms. The normalized spacial score (nSPS) is 16.7. The Labute approximate surface area is 117 Å². The number of halogens is 11. The predicted molar refractivity (Wildman–Crippen MR) is 44.7 cm³/mol. The molecule has 0 heterocycles. The van der Waals surface area contributed by atoms with Crippen LogP contribution in [0.15, 0.2) is 0 Å². The highest BCUT2D eigenvalue weighted by molar-refractivity contribution is 5.97. The molecule has 0 aliphatic carbocycles. The topological polar surface area (TPSA) is 81.4 Å². The number of hydrogen-bond acceptors (Lipinski definition) is 3. The highest BCUT2D eigenvalue weighted by Crippen LogP contribution is 2.50. The molecule has 16 heteroatoms.